The van der Waals surface area contributed by atoms with Gasteiger partial charge in [-0.15, -0.1) is 0 Å². The molecule has 1 aromatic carbocycles. The van der Waals surface area contributed by atoms with Crippen molar-refractivity contribution in [2.75, 3.05) is 5.32 Å². The van der Waals surface area contributed by atoms with Gasteiger partial charge in [-0.25, -0.2) is 4.39 Å². The lowest BCUT2D eigenvalue weighted by Crippen LogP contribution is -2.63. The monoisotopic (exact) mass is 400 g/mol. The summed E-state index contributed by atoms with van der Waals surface area (Å²) in [5.41, 5.74) is 1.91. The third-order valence-electron chi connectivity index (χ3n) is 5.04. The van der Waals surface area contributed by atoms with Gasteiger partial charge in [0.1, 0.15) is 5.82 Å². The number of nitrogens with one attached hydrogen (secondary N) is 2. The van der Waals surface area contributed by atoms with Crippen LogP contribution in [-0.4, -0.2) is 32.1 Å². The van der Waals surface area contributed by atoms with Crippen molar-refractivity contribution in [2.45, 2.75) is 64.2 Å². The summed E-state index contributed by atoms with van der Waals surface area (Å²) in [6.07, 6.45) is 5.61. The second-order valence-corrected chi connectivity index (χ2v) is 9.27. The number of thiocarbonyl (C=S) groups is 1. The molecule has 2 aromatic rings. The van der Waals surface area contributed by atoms with Gasteiger partial charge in [-0.2, -0.15) is 0 Å². The Morgan fingerprint density at radius 3 is 2.39 bits per heavy atom. The molecule has 1 fully saturated rings. The molecule has 0 saturated carbocycles. The van der Waals surface area contributed by atoms with Crippen LogP contribution in [0.5, 0.6) is 0 Å². The molecule has 2 N–H and O–H groups in total. The summed E-state index contributed by atoms with van der Waals surface area (Å²) in [7, 11) is 0. The Labute approximate surface area is 172 Å². The van der Waals surface area contributed by atoms with E-state index in [1.54, 1.807) is 18.3 Å². The minimum Gasteiger partial charge on any atom is -0.342 e. The number of rotatable bonds is 4. The van der Waals surface area contributed by atoms with Crippen LogP contribution in [0.1, 0.15) is 46.1 Å². The molecule has 0 aliphatic carbocycles. The van der Waals surface area contributed by atoms with Crippen LogP contribution in [0.4, 0.5) is 10.1 Å². The summed E-state index contributed by atoms with van der Waals surface area (Å²) in [5, 5.41) is 7.67. The second kappa shape index (κ2) is 8.13. The van der Waals surface area contributed by atoms with E-state index in [2.05, 4.69) is 54.3 Å². The van der Waals surface area contributed by atoms with E-state index in [1.165, 1.54) is 12.1 Å². The molecule has 0 amide bonds. The van der Waals surface area contributed by atoms with Gasteiger partial charge in [0, 0.05) is 41.7 Å². The first-order valence-electron chi connectivity index (χ1n) is 9.65. The highest BCUT2D eigenvalue weighted by atomic mass is 32.1. The fraction of sp³-hybridized carbons (Fsp3) is 0.455. The molecule has 1 aromatic heterocycles. The third-order valence-corrected chi connectivity index (χ3v) is 5.38. The maximum atomic E-state index is 13.2. The Bertz CT molecular complexity index is 789. The number of piperidine rings is 1. The number of hydrogen-bond donors (Lipinski definition) is 2. The highest BCUT2D eigenvalue weighted by Gasteiger charge is 2.40. The molecule has 3 rings (SSSR count). The fourth-order valence-corrected chi connectivity index (χ4v) is 4.60. The number of hydrogen-bond acceptors (Lipinski definition) is 3. The van der Waals surface area contributed by atoms with Gasteiger partial charge in [0.15, 0.2) is 5.11 Å². The molecule has 4 nitrogen and oxygen atoms in total. The Morgan fingerprint density at radius 2 is 1.82 bits per heavy atom. The van der Waals surface area contributed by atoms with Crippen LogP contribution in [0.25, 0.3) is 0 Å². The first-order chi connectivity index (χ1) is 13.1. The van der Waals surface area contributed by atoms with Gasteiger partial charge in [-0.05, 0) is 88.6 Å². The highest BCUT2D eigenvalue weighted by molar-refractivity contribution is 7.80. The van der Waals surface area contributed by atoms with Crippen LogP contribution in [0, 0.1) is 5.82 Å². The third kappa shape index (κ3) is 5.49. The van der Waals surface area contributed by atoms with Gasteiger partial charge < -0.3 is 15.5 Å². The molecule has 1 aliphatic heterocycles. The van der Waals surface area contributed by atoms with Crippen molar-refractivity contribution in [1.82, 2.24) is 15.2 Å². The molecular formula is C22H29FN4S. The zero-order chi connectivity index (χ0) is 20.4. The van der Waals surface area contributed by atoms with Crippen LogP contribution < -0.4 is 10.6 Å². The zero-order valence-electron chi connectivity index (χ0n) is 17.0. The summed E-state index contributed by atoms with van der Waals surface area (Å²) in [4.78, 5) is 6.50. The van der Waals surface area contributed by atoms with Crippen molar-refractivity contribution < 1.29 is 4.39 Å². The molecular weight excluding hydrogens is 371 g/mol. The number of pyridine rings is 1. The minimum atomic E-state index is -0.259. The van der Waals surface area contributed by atoms with E-state index >= 15 is 0 Å². The first kappa shape index (κ1) is 20.7. The normalized spacial score (nSPS) is 18.5. The van der Waals surface area contributed by atoms with Crippen molar-refractivity contribution >= 4 is 23.0 Å². The molecule has 150 valence electrons. The number of nitrogens with zero attached hydrogens (tertiary/aromatic N) is 2. The summed E-state index contributed by atoms with van der Waals surface area (Å²) < 4.78 is 13.2. The van der Waals surface area contributed by atoms with Gasteiger partial charge in [0.05, 0.1) is 0 Å². The number of anilines is 1. The van der Waals surface area contributed by atoms with Crippen LogP contribution in [0.15, 0.2) is 48.8 Å². The van der Waals surface area contributed by atoms with Crippen molar-refractivity contribution in [1.29, 1.82) is 0 Å². The van der Waals surface area contributed by atoms with E-state index in [1.807, 2.05) is 12.3 Å². The molecule has 2 heterocycles. The van der Waals surface area contributed by atoms with E-state index in [0.29, 0.717) is 11.7 Å². The van der Waals surface area contributed by atoms with Crippen LogP contribution in [-0.2, 0) is 6.54 Å². The van der Waals surface area contributed by atoms with Crippen molar-refractivity contribution in [3.05, 3.63) is 60.2 Å². The molecule has 0 bridgehead atoms. The smallest absolute Gasteiger partial charge is 0.173 e. The SMILES string of the molecule is CC1(C)CC(N(Cc2cccnc2)C(=S)Nc2ccc(F)cc2)CC(C)(C)N1. The molecule has 1 saturated heterocycles. The van der Waals surface area contributed by atoms with Crippen LogP contribution in [0.2, 0.25) is 0 Å². The maximum Gasteiger partial charge on any atom is 0.173 e. The molecule has 0 spiro atoms. The van der Waals surface area contributed by atoms with Gasteiger partial charge in [-0.1, -0.05) is 6.07 Å². The Balaban J connectivity index is 1.85. The Kier molecular flexibility index (Phi) is 6.01. The first-order valence-corrected chi connectivity index (χ1v) is 10.1. The highest BCUT2D eigenvalue weighted by Crippen LogP contribution is 2.32. The average Bonchev–Trinajstić information content (AvgIpc) is 2.60. The van der Waals surface area contributed by atoms with Crippen molar-refractivity contribution in [2.24, 2.45) is 0 Å². The fourth-order valence-electron chi connectivity index (χ4n) is 4.27. The lowest BCUT2D eigenvalue weighted by atomic mass is 9.79. The largest absolute Gasteiger partial charge is 0.342 e. The lowest BCUT2D eigenvalue weighted by molar-refractivity contribution is 0.101. The predicted molar refractivity (Wildman–Crippen MR) is 117 cm³/mol. The molecule has 0 atom stereocenters. The van der Waals surface area contributed by atoms with E-state index < -0.39 is 0 Å². The summed E-state index contributed by atoms with van der Waals surface area (Å²) in [5.74, 6) is -0.259. The second-order valence-electron chi connectivity index (χ2n) is 8.88. The topological polar surface area (TPSA) is 40.2 Å². The molecule has 0 unspecified atom stereocenters. The number of benzene rings is 1. The molecule has 0 radical (unpaired) electrons. The zero-order valence-corrected chi connectivity index (χ0v) is 17.8. The van der Waals surface area contributed by atoms with Gasteiger partial charge in [-0.3, -0.25) is 4.98 Å². The summed E-state index contributed by atoms with van der Waals surface area (Å²) >= 11 is 5.80. The van der Waals surface area contributed by atoms with E-state index in [9.17, 15) is 4.39 Å². The predicted octanol–water partition coefficient (Wildman–Crippen LogP) is 4.73. The van der Waals surface area contributed by atoms with Gasteiger partial charge in [0.2, 0.25) is 0 Å². The van der Waals surface area contributed by atoms with Crippen molar-refractivity contribution in [3.63, 3.8) is 0 Å². The van der Waals surface area contributed by atoms with Crippen molar-refractivity contribution in [3.8, 4) is 0 Å². The van der Waals surface area contributed by atoms with Gasteiger partial charge in [0.25, 0.3) is 0 Å². The standard InChI is InChI=1S/C22H29FN4S/c1-21(2)12-19(13-22(3,4)26-21)27(15-16-6-5-11-24-14-16)20(28)25-18-9-7-17(23)8-10-18/h5-11,14,19,26H,12-13,15H2,1-4H3,(H,25,28). The molecule has 28 heavy (non-hydrogen) atoms. The molecule has 1 aliphatic rings. The van der Waals surface area contributed by atoms with Crippen LogP contribution >= 0.6 is 12.2 Å². The lowest BCUT2D eigenvalue weighted by Gasteiger charge is -2.50. The van der Waals surface area contributed by atoms with Gasteiger partial charge >= 0.3 is 0 Å². The number of aromatic nitrogens is 1. The molecule has 6 heteroatoms. The maximum absolute atomic E-state index is 13.2. The Hall–Kier alpha value is -2.05. The van der Waals surface area contributed by atoms with E-state index in [4.69, 9.17) is 12.2 Å². The minimum absolute atomic E-state index is 0.00505. The average molecular weight is 401 g/mol. The van der Waals surface area contributed by atoms with Crippen LogP contribution in [0.3, 0.4) is 0 Å². The van der Waals surface area contributed by atoms with E-state index in [0.717, 1.165) is 24.1 Å². The quantitative estimate of drug-likeness (QED) is 0.726. The van der Waals surface area contributed by atoms with E-state index in [-0.39, 0.29) is 22.9 Å². The summed E-state index contributed by atoms with van der Waals surface area (Å²) in [6, 6.07) is 10.6. The summed E-state index contributed by atoms with van der Waals surface area (Å²) in [6.45, 7) is 9.62. The Morgan fingerprint density at radius 1 is 1.18 bits per heavy atom. The number of halogens is 1.